The van der Waals surface area contributed by atoms with Crippen molar-refractivity contribution >= 4 is 50.0 Å². The number of carbonyl (C=O) groups is 1. The summed E-state index contributed by atoms with van der Waals surface area (Å²) in [5, 5.41) is 14.9. The smallest absolute Gasteiger partial charge is 0.270 e. The number of amides is 1. The molecule has 2 aromatic carbocycles. The Hall–Kier alpha value is -2.69. The van der Waals surface area contributed by atoms with E-state index in [4.69, 9.17) is 0 Å². The third kappa shape index (κ3) is 5.72. The average Bonchev–Trinajstić information content (AvgIpc) is 3.22. The summed E-state index contributed by atoms with van der Waals surface area (Å²) in [5.41, 5.74) is 0.890. The summed E-state index contributed by atoms with van der Waals surface area (Å²) in [6.45, 7) is 4.94. The first-order chi connectivity index (χ1) is 15.1. The van der Waals surface area contributed by atoms with Crippen LogP contribution < -0.4 is 10.2 Å². The first-order valence-corrected chi connectivity index (χ1v) is 11.9. The highest BCUT2D eigenvalue weighted by Crippen LogP contribution is 2.31. The van der Waals surface area contributed by atoms with Crippen molar-refractivity contribution in [1.29, 1.82) is 0 Å². The number of nitrogens with one attached hydrogen (secondary N) is 1. The number of thiazole rings is 1. The number of nitrogens with zero attached hydrogens (tertiary/aromatic N) is 4. The van der Waals surface area contributed by atoms with E-state index in [0.717, 1.165) is 53.0 Å². The second-order valence-corrected chi connectivity index (χ2v) is 9.24. The Kier molecular flexibility index (Phi) is 7.00. The first-order valence-electron chi connectivity index (χ1n) is 10.1. The predicted molar refractivity (Wildman–Crippen MR) is 125 cm³/mol. The number of benzene rings is 2. The summed E-state index contributed by atoms with van der Waals surface area (Å²) < 4.78 is 0.836. The number of anilines is 1. The van der Waals surface area contributed by atoms with E-state index in [1.54, 1.807) is 23.9 Å². The molecule has 1 amide bonds. The molecule has 1 aliphatic heterocycles. The molecule has 0 aliphatic carbocycles. The molecule has 162 valence electrons. The SMILES string of the molecule is O=C(CSc1ccccc1)NCCN1CCN(c2nc3ccc([N+](=O)[O-])cc3s2)CC1. The number of nitro benzene ring substituents is 1. The predicted octanol–water partition coefficient (Wildman–Crippen LogP) is 3.24. The van der Waals surface area contributed by atoms with Gasteiger partial charge < -0.3 is 10.2 Å². The lowest BCUT2D eigenvalue weighted by Crippen LogP contribution is -2.48. The molecule has 1 saturated heterocycles. The van der Waals surface area contributed by atoms with Crippen LogP contribution >= 0.6 is 23.1 Å². The molecule has 1 N–H and O–H groups in total. The maximum atomic E-state index is 12.0. The molecule has 2 heterocycles. The molecule has 0 atom stereocenters. The summed E-state index contributed by atoms with van der Waals surface area (Å²) in [5.74, 6) is 0.476. The summed E-state index contributed by atoms with van der Waals surface area (Å²) >= 11 is 3.04. The summed E-state index contributed by atoms with van der Waals surface area (Å²) in [7, 11) is 0. The number of piperazine rings is 1. The maximum Gasteiger partial charge on any atom is 0.270 e. The third-order valence-corrected chi connectivity index (χ3v) is 7.17. The van der Waals surface area contributed by atoms with Crippen molar-refractivity contribution in [2.24, 2.45) is 0 Å². The molecule has 0 radical (unpaired) electrons. The Morgan fingerprint density at radius 2 is 1.94 bits per heavy atom. The van der Waals surface area contributed by atoms with Gasteiger partial charge in [0.15, 0.2) is 5.13 Å². The molecule has 1 aromatic heterocycles. The van der Waals surface area contributed by atoms with E-state index in [1.807, 2.05) is 30.3 Å². The first kappa shape index (κ1) is 21.5. The Morgan fingerprint density at radius 1 is 1.16 bits per heavy atom. The molecule has 10 heteroatoms. The van der Waals surface area contributed by atoms with E-state index in [0.29, 0.717) is 12.3 Å². The summed E-state index contributed by atoms with van der Waals surface area (Å²) in [6, 6.07) is 14.7. The highest BCUT2D eigenvalue weighted by atomic mass is 32.2. The zero-order valence-electron chi connectivity index (χ0n) is 16.9. The van der Waals surface area contributed by atoms with Gasteiger partial charge in [-0.1, -0.05) is 29.5 Å². The van der Waals surface area contributed by atoms with E-state index in [9.17, 15) is 14.9 Å². The van der Waals surface area contributed by atoms with E-state index in [1.165, 1.54) is 17.4 Å². The largest absolute Gasteiger partial charge is 0.354 e. The van der Waals surface area contributed by atoms with E-state index >= 15 is 0 Å². The molecular formula is C21H23N5O3S2. The van der Waals surface area contributed by atoms with Crippen LogP contribution in [-0.4, -0.2) is 65.7 Å². The highest BCUT2D eigenvalue weighted by molar-refractivity contribution is 8.00. The standard InChI is InChI=1S/C21H23N5O3S2/c27-20(15-30-17-4-2-1-3-5-17)22-8-9-24-10-12-25(13-11-24)21-23-18-7-6-16(26(28)29)14-19(18)31-21/h1-7,14H,8-13,15H2,(H,22,27). The zero-order chi connectivity index (χ0) is 21.6. The molecule has 4 rings (SSSR count). The minimum Gasteiger partial charge on any atom is -0.354 e. The van der Waals surface area contributed by atoms with Gasteiger partial charge in [0.1, 0.15) is 0 Å². The van der Waals surface area contributed by atoms with Crippen molar-refractivity contribution < 1.29 is 9.72 Å². The van der Waals surface area contributed by atoms with Crippen LogP contribution in [0.15, 0.2) is 53.4 Å². The molecule has 0 saturated carbocycles. The summed E-state index contributed by atoms with van der Waals surface area (Å²) in [4.78, 5) is 32.9. The fourth-order valence-electron chi connectivity index (χ4n) is 3.38. The van der Waals surface area contributed by atoms with Crippen LogP contribution in [-0.2, 0) is 4.79 Å². The summed E-state index contributed by atoms with van der Waals surface area (Å²) in [6.07, 6.45) is 0. The van der Waals surface area contributed by atoms with Gasteiger partial charge in [0.05, 0.1) is 20.9 Å². The van der Waals surface area contributed by atoms with Gasteiger partial charge >= 0.3 is 0 Å². The fraction of sp³-hybridized carbons (Fsp3) is 0.333. The lowest BCUT2D eigenvalue weighted by atomic mass is 10.3. The van der Waals surface area contributed by atoms with Gasteiger partial charge in [-0.2, -0.15) is 0 Å². The molecule has 1 fully saturated rings. The molecule has 0 unspecified atom stereocenters. The van der Waals surface area contributed by atoms with Crippen LogP contribution in [0.25, 0.3) is 10.2 Å². The Bertz CT molecular complexity index is 1050. The van der Waals surface area contributed by atoms with Crippen molar-refractivity contribution in [3.05, 3.63) is 58.6 Å². The Labute approximate surface area is 188 Å². The number of rotatable bonds is 8. The molecular weight excluding hydrogens is 434 g/mol. The number of thioether (sulfide) groups is 1. The lowest BCUT2D eigenvalue weighted by Gasteiger charge is -2.34. The maximum absolute atomic E-state index is 12.0. The Morgan fingerprint density at radius 3 is 2.68 bits per heavy atom. The number of carbonyl (C=O) groups excluding carboxylic acids is 1. The topological polar surface area (TPSA) is 91.6 Å². The molecule has 0 bridgehead atoms. The molecule has 8 nitrogen and oxygen atoms in total. The van der Waals surface area contributed by atoms with Crippen LogP contribution in [0.2, 0.25) is 0 Å². The number of aromatic nitrogens is 1. The van der Waals surface area contributed by atoms with Gasteiger partial charge in [0.2, 0.25) is 5.91 Å². The average molecular weight is 458 g/mol. The fourth-order valence-corrected chi connectivity index (χ4v) is 5.18. The van der Waals surface area contributed by atoms with E-state index < -0.39 is 0 Å². The molecule has 31 heavy (non-hydrogen) atoms. The monoisotopic (exact) mass is 457 g/mol. The molecule has 0 spiro atoms. The second kappa shape index (κ2) is 10.1. The zero-order valence-corrected chi connectivity index (χ0v) is 18.5. The molecule has 3 aromatic rings. The van der Waals surface area contributed by atoms with Crippen molar-refractivity contribution in [2.45, 2.75) is 4.90 Å². The van der Waals surface area contributed by atoms with Crippen molar-refractivity contribution in [1.82, 2.24) is 15.2 Å². The Balaban J connectivity index is 1.20. The van der Waals surface area contributed by atoms with E-state index in [2.05, 4.69) is 20.1 Å². The lowest BCUT2D eigenvalue weighted by molar-refractivity contribution is -0.384. The quantitative estimate of drug-likeness (QED) is 0.315. The number of fused-ring (bicyclic) bond motifs is 1. The minimum absolute atomic E-state index is 0.0519. The van der Waals surface area contributed by atoms with Gasteiger partial charge in [-0.05, 0) is 18.2 Å². The number of non-ortho nitro benzene ring substituents is 1. The van der Waals surface area contributed by atoms with Gasteiger partial charge in [-0.3, -0.25) is 19.8 Å². The van der Waals surface area contributed by atoms with Crippen LogP contribution in [0.1, 0.15) is 0 Å². The normalized spacial score (nSPS) is 14.6. The van der Waals surface area contributed by atoms with Crippen molar-refractivity contribution in [2.75, 3.05) is 49.9 Å². The van der Waals surface area contributed by atoms with Crippen LogP contribution in [0.5, 0.6) is 0 Å². The molecule has 1 aliphatic rings. The van der Waals surface area contributed by atoms with Crippen molar-refractivity contribution in [3.8, 4) is 0 Å². The van der Waals surface area contributed by atoms with Gasteiger partial charge in [-0.15, -0.1) is 11.8 Å². The van der Waals surface area contributed by atoms with Gasteiger partial charge in [0, 0.05) is 56.3 Å². The number of hydrogen-bond donors (Lipinski definition) is 1. The minimum atomic E-state index is -0.378. The number of nitro groups is 1. The van der Waals surface area contributed by atoms with Crippen LogP contribution in [0.4, 0.5) is 10.8 Å². The van der Waals surface area contributed by atoms with E-state index in [-0.39, 0.29) is 16.5 Å². The van der Waals surface area contributed by atoms with Crippen LogP contribution in [0, 0.1) is 10.1 Å². The highest BCUT2D eigenvalue weighted by Gasteiger charge is 2.20. The number of hydrogen-bond acceptors (Lipinski definition) is 8. The van der Waals surface area contributed by atoms with Crippen LogP contribution in [0.3, 0.4) is 0 Å². The third-order valence-electron chi connectivity index (χ3n) is 5.08. The van der Waals surface area contributed by atoms with Gasteiger partial charge in [0.25, 0.3) is 5.69 Å². The van der Waals surface area contributed by atoms with Crippen molar-refractivity contribution in [3.63, 3.8) is 0 Å². The second-order valence-electron chi connectivity index (χ2n) is 7.19. The van der Waals surface area contributed by atoms with Gasteiger partial charge in [-0.25, -0.2) is 4.98 Å².